The highest BCUT2D eigenvalue weighted by atomic mass is 35.5. The SMILES string of the molecule is N#CCc1cc(-c2cc(Cl)cc(Cl)c2Cl)ncc1C(F)(F)F. The van der Waals surface area contributed by atoms with Crippen molar-refractivity contribution < 1.29 is 13.2 Å². The number of nitrogens with zero attached hydrogens (tertiary/aromatic N) is 2. The maximum atomic E-state index is 12.9. The molecule has 0 aliphatic rings. The lowest BCUT2D eigenvalue weighted by atomic mass is 10.0. The summed E-state index contributed by atoms with van der Waals surface area (Å²) in [6.45, 7) is 0. The number of hydrogen-bond donors (Lipinski definition) is 0. The Kier molecular flexibility index (Phi) is 4.86. The number of pyridine rings is 1. The van der Waals surface area contributed by atoms with Gasteiger partial charge in [-0.15, -0.1) is 0 Å². The highest BCUT2D eigenvalue weighted by molar-refractivity contribution is 6.45. The molecule has 2 nitrogen and oxygen atoms in total. The zero-order valence-electron chi connectivity index (χ0n) is 10.7. The third-order valence-electron chi connectivity index (χ3n) is 2.83. The monoisotopic (exact) mass is 364 g/mol. The van der Waals surface area contributed by atoms with E-state index >= 15 is 0 Å². The van der Waals surface area contributed by atoms with Crippen LogP contribution in [0.3, 0.4) is 0 Å². The van der Waals surface area contributed by atoms with E-state index in [4.69, 9.17) is 40.1 Å². The molecule has 0 N–H and O–H groups in total. The van der Waals surface area contributed by atoms with Crippen LogP contribution in [0.1, 0.15) is 11.1 Å². The van der Waals surface area contributed by atoms with Gasteiger partial charge in [-0.2, -0.15) is 18.4 Å². The zero-order chi connectivity index (χ0) is 16.5. The Hall–Kier alpha value is -1.48. The van der Waals surface area contributed by atoms with Crippen LogP contribution >= 0.6 is 34.8 Å². The average molecular weight is 366 g/mol. The summed E-state index contributed by atoms with van der Waals surface area (Å²) in [5.41, 5.74) is -0.686. The lowest BCUT2D eigenvalue weighted by Gasteiger charge is -2.13. The molecular weight excluding hydrogens is 360 g/mol. The summed E-state index contributed by atoms with van der Waals surface area (Å²) in [5.74, 6) is 0. The van der Waals surface area contributed by atoms with Crippen molar-refractivity contribution in [1.82, 2.24) is 4.98 Å². The molecule has 0 aliphatic carbocycles. The molecule has 0 bridgehead atoms. The van der Waals surface area contributed by atoms with Gasteiger partial charge in [0.25, 0.3) is 0 Å². The highest BCUT2D eigenvalue weighted by Crippen LogP contribution is 2.38. The van der Waals surface area contributed by atoms with E-state index in [1.807, 2.05) is 0 Å². The molecule has 1 heterocycles. The van der Waals surface area contributed by atoms with Gasteiger partial charge in [-0.1, -0.05) is 34.8 Å². The predicted octanol–water partition coefficient (Wildman–Crippen LogP) is 5.79. The number of benzene rings is 1. The number of nitriles is 1. The van der Waals surface area contributed by atoms with Crippen molar-refractivity contribution in [2.45, 2.75) is 12.6 Å². The van der Waals surface area contributed by atoms with Crippen LogP contribution in [-0.4, -0.2) is 4.98 Å². The number of aromatic nitrogens is 1. The Bertz CT molecular complexity index is 767. The van der Waals surface area contributed by atoms with E-state index in [2.05, 4.69) is 4.98 Å². The first-order valence-electron chi connectivity index (χ1n) is 5.82. The van der Waals surface area contributed by atoms with Gasteiger partial charge in [0.2, 0.25) is 0 Å². The fourth-order valence-corrected chi connectivity index (χ4v) is 2.57. The molecule has 0 unspecified atom stereocenters. The number of alkyl halides is 3. The third kappa shape index (κ3) is 3.46. The first-order chi connectivity index (χ1) is 10.2. The standard InChI is InChI=1S/C14H6Cl3F3N2/c15-8-4-9(13(17)11(16)5-8)12-3-7(1-2-21)10(6-22-12)14(18,19)20/h3-6H,1H2. The molecule has 2 aromatic rings. The molecule has 0 saturated carbocycles. The van der Waals surface area contributed by atoms with Crippen LogP contribution in [0.2, 0.25) is 15.1 Å². The number of halogens is 6. The minimum Gasteiger partial charge on any atom is -0.256 e. The second-order valence-electron chi connectivity index (χ2n) is 4.31. The molecule has 22 heavy (non-hydrogen) atoms. The first-order valence-corrected chi connectivity index (χ1v) is 6.95. The second-order valence-corrected chi connectivity index (χ2v) is 5.53. The summed E-state index contributed by atoms with van der Waals surface area (Å²) >= 11 is 17.8. The van der Waals surface area contributed by atoms with Gasteiger partial charge in [0, 0.05) is 16.8 Å². The van der Waals surface area contributed by atoms with Crippen molar-refractivity contribution >= 4 is 34.8 Å². The molecular formula is C14H6Cl3F3N2. The smallest absolute Gasteiger partial charge is 0.256 e. The van der Waals surface area contributed by atoms with Gasteiger partial charge in [0.1, 0.15) is 0 Å². The summed E-state index contributed by atoms with van der Waals surface area (Å²) < 4.78 is 38.7. The number of hydrogen-bond acceptors (Lipinski definition) is 2. The highest BCUT2D eigenvalue weighted by Gasteiger charge is 2.34. The van der Waals surface area contributed by atoms with Crippen molar-refractivity contribution in [1.29, 1.82) is 5.26 Å². The third-order valence-corrected chi connectivity index (χ3v) is 3.85. The van der Waals surface area contributed by atoms with Crippen LogP contribution in [0.5, 0.6) is 0 Å². The van der Waals surface area contributed by atoms with E-state index in [1.165, 1.54) is 18.2 Å². The number of rotatable bonds is 2. The van der Waals surface area contributed by atoms with Gasteiger partial charge in [-0.25, -0.2) is 0 Å². The lowest BCUT2D eigenvalue weighted by Crippen LogP contribution is -2.10. The largest absolute Gasteiger partial charge is 0.418 e. The Morgan fingerprint density at radius 3 is 2.41 bits per heavy atom. The summed E-state index contributed by atoms with van der Waals surface area (Å²) in [7, 11) is 0. The maximum absolute atomic E-state index is 12.9. The van der Waals surface area contributed by atoms with Crippen LogP contribution < -0.4 is 0 Å². The molecule has 0 atom stereocenters. The fourth-order valence-electron chi connectivity index (χ4n) is 1.87. The van der Waals surface area contributed by atoms with Crippen LogP contribution in [0.25, 0.3) is 11.3 Å². The summed E-state index contributed by atoms with van der Waals surface area (Å²) in [5, 5.41) is 9.27. The second kappa shape index (κ2) is 6.33. The quantitative estimate of drug-likeness (QED) is 0.631. The molecule has 0 radical (unpaired) electrons. The Balaban J connectivity index is 2.64. The molecule has 0 amide bonds. The van der Waals surface area contributed by atoms with Crippen LogP contribution in [-0.2, 0) is 12.6 Å². The Morgan fingerprint density at radius 1 is 1.14 bits per heavy atom. The molecule has 1 aromatic heterocycles. The summed E-state index contributed by atoms with van der Waals surface area (Å²) in [6, 6.07) is 5.72. The van der Waals surface area contributed by atoms with Crippen molar-refractivity contribution in [3.63, 3.8) is 0 Å². The molecule has 2 rings (SSSR count). The van der Waals surface area contributed by atoms with E-state index in [9.17, 15) is 13.2 Å². The summed E-state index contributed by atoms with van der Waals surface area (Å²) in [4.78, 5) is 3.77. The average Bonchev–Trinajstić information content (AvgIpc) is 2.42. The van der Waals surface area contributed by atoms with E-state index in [1.54, 1.807) is 6.07 Å². The van der Waals surface area contributed by atoms with Gasteiger partial charge < -0.3 is 0 Å². The van der Waals surface area contributed by atoms with Crippen molar-refractivity contribution in [2.75, 3.05) is 0 Å². The minimum atomic E-state index is -4.59. The van der Waals surface area contributed by atoms with E-state index in [0.29, 0.717) is 11.8 Å². The molecule has 0 aliphatic heterocycles. The van der Waals surface area contributed by atoms with Crippen molar-refractivity contribution in [3.05, 3.63) is 50.6 Å². The molecule has 0 saturated heterocycles. The maximum Gasteiger partial charge on any atom is 0.418 e. The van der Waals surface area contributed by atoms with E-state index in [0.717, 1.165) is 0 Å². The normalized spacial score (nSPS) is 11.3. The van der Waals surface area contributed by atoms with Crippen LogP contribution in [0.15, 0.2) is 24.4 Å². The predicted molar refractivity (Wildman–Crippen MR) is 79.0 cm³/mol. The van der Waals surface area contributed by atoms with Gasteiger partial charge in [0.05, 0.1) is 33.8 Å². The van der Waals surface area contributed by atoms with Gasteiger partial charge >= 0.3 is 6.18 Å². The van der Waals surface area contributed by atoms with Gasteiger partial charge in [0.15, 0.2) is 0 Å². The van der Waals surface area contributed by atoms with Crippen LogP contribution in [0, 0.1) is 11.3 Å². The van der Waals surface area contributed by atoms with Crippen molar-refractivity contribution in [2.24, 2.45) is 0 Å². The molecule has 8 heteroatoms. The van der Waals surface area contributed by atoms with Gasteiger partial charge in [-0.05, 0) is 23.8 Å². The molecule has 114 valence electrons. The van der Waals surface area contributed by atoms with Crippen molar-refractivity contribution in [3.8, 4) is 17.3 Å². The van der Waals surface area contributed by atoms with E-state index in [-0.39, 0.29) is 26.3 Å². The molecule has 0 fully saturated rings. The Labute approximate surface area is 139 Å². The Morgan fingerprint density at radius 2 is 1.82 bits per heavy atom. The van der Waals surface area contributed by atoms with Crippen LogP contribution in [0.4, 0.5) is 13.2 Å². The molecule has 0 spiro atoms. The fraction of sp³-hybridized carbons (Fsp3) is 0.143. The van der Waals surface area contributed by atoms with Gasteiger partial charge in [-0.3, -0.25) is 4.98 Å². The summed E-state index contributed by atoms with van der Waals surface area (Å²) in [6.07, 6.45) is -4.32. The minimum absolute atomic E-state index is 0.126. The topological polar surface area (TPSA) is 36.7 Å². The first kappa shape index (κ1) is 16.9. The zero-order valence-corrected chi connectivity index (χ0v) is 12.9. The molecule has 1 aromatic carbocycles. The van der Waals surface area contributed by atoms with E-state index < -0.39 is 18.2 Å². The lowest BCUT2D eigenvalue weighted by molar-refractivity contribution is -0.138.